The lowest BCUT2D eigenvalue weighted by molar-refractivity contribution is 0.128. The van der Waals surface area contributed by atoms with Crippen LogP contribution in [0.4, 0.5) is 17.5 Å². The van der Waals surface area contributed by atoms with Crippen molar-refractivity contribution in [2.75, 3.05) is 67.1 Å². The molecule has 4 rings (SSSR count). The van der Waals surface area contributed by atoms with Gasteiger partial charge in [-0.25, -0.2) is 15.0 Å². The molecule has 7 heteroatoms. The van der Waals surface area contributed by atoms with Crippen LogP contribution in [-0.2, 0) is 0 Å². The van der Waals surface area contributed by atoms with Crippen LogP contribution in [0, 0.1) is 6.92 Å². The molecule has 2 fully saturated rings. The van der Waals surface area contributed by atoms with Gasteiger partial charge in [-0.3, -0.25) is 4.90 Å². The van der Waals surface area contributed by atoms with E-state index in [1.807, 2.05) is 6.20 Å². The average Bonchev–Trinajstić information content (AvgIpc) is 2.74. The van der Waals surface area contributed by atoms with Crippen molar-refractivity contribution >= 4 is 17.5 Å². The third-order valence-electron chi connectivity index (χ3n) is 6.01. The van der Waals surface area contributed by atoms with Gasteiger partial charge in [0.15, 0.2) is 0 Å². The molecular formula is C22H33N7. The van der Waals surface area contributed by atoms with E-state index in [0.717, 1.165) is 69.8 Å². The summed E-state index contributed by atoms with van der Waals surface area (Å²) in [6, 6.07) is 6.41. The molecular weight excluding hydrogens is 362 g/mol. The molecule has 0 radical (unpaired) electrons. The topological polar surface area (TPSA) is 51.6 Å². The van der Waals surface area contributed by atoms with Gasteiger partial charge in [0.05, 0.1) is 0 Å². The van der Waals surface area contributed by atoms with Crippen LogP contribution in [-0.4, -0.2) is 77.7 Å². The molecule has 0 bridgehead atoms. The molecule has 0 spiro atoms. The summed E-state index contributed by atoms with van der Waals surface area (Å²) in [6.45, 7) is 16.9. The SMILES string of the molecule is Cc1ccc(N2CCN(c3cc(N4CCN(C(C)(C)C)CC4)ncn3)CC2)nc1. The fourth-order valence-electron chi connectivity index (χ4n) is 4.10. The Balaban J connectivity index is 1.37. The number of aromatic nitrogens is 3. The lowest BCUT2D eigenvalue weighted by Crippen LogP contribution is -2.53. The molecule has 0 N–H and O–H groups in total. The minimum absolute atomic E-state index is 0.231. The summed E-state index contributed by atoms with van der Waals surface area (Å²) in [5.74, 6) is 3.14. The molecule has 2 saturated heterocycles. The zero-order valence-corrected chi connectivity index (χ0v) is 18.2. The Morgan fingerprint density at radius 3 is 1.69 bits per heavy atom. The number of piperazine rings is 2. The van der Waals surface area contributed by atoms with Gasteiger partial charge in [-0.15, -0.1) is 0 Å². The number of aryl methyl sites for hydroxylation is 1. The Morgan fingerprint density at radius 1 is 0.690 bits per heavy atom. The van der Waals surface area contributed by atoms with Crippen LogP contribution in [0.1, 0.15) is 26.3 Å². The predicted molar refractivity (Wildman–Crippen MR) is 119 cm³/mol. The van der Waals surface area contributed by atoms with Crippen LogP contribution < -0.4 is 14.7 Å². The van der Waals surface area contributed by atoms with Gasteiger partial charge < -0.3 is 14.7 Å². The van der Waals surface area contributed by atoms with E-state index in [9.17, 15) is 0 Å². The lowest BCUT2D eigenvalue weighted by Gasteiger charge is -2.42. The van der Waals surface area contributed by atoms with Crippen molar-refractivity contribution in [1.82, 2.24) is 19.9 Å². The second kappa shape index (κ2) is 8.14. The van der Waals surface area contributed by atoms with Gasteiger partial charge in [0, 0.05) is 70.2 Å². The Labute approximate surface area is 174 Å². The number of rotatable bonds is 3. The number of pyridine rings is 1. The number of nitrogens with zero attached hydrogens (tertiary/aromatic N) is 7. The molecule has 2 aliphatic heterocycles. The quantitative estimate of drug-likeness (QED) is 0.791. The van der Waals surface area contributed by atoms with E-state index >= 15 is 0 Å². The maximum absolute atomic E-state index is 4.57. The van der Waals surface area contributed by atoms with E-state index in [1.165, 1.54) is 5.56 Å². The van der Waals surface area contributed by atoms with E-state index < -0.39 is 0 Å². The van der Waals surface area contributed by atoms with Gasteiger partial charge in [-0.05, 0) is 39.3 Å². The van der Waals surface area contributed by atoms with Crippen molar-refractivity contribution in [2.45, 2.75) is 33.2 Å². The number of hydrogen-bond acceptors (Lipinski definition) is 7. The molecule has 0 atom stereocenters. The standard InChI is InChI=1S/C22H33N7/c1-18-5-6-19(23-16-18)26-7-9-27(10-8-26)20-15-21(25-17-24-20)28-11-13-29(14-12-28)22(2,3)4/h5-6,15-17H,7-14H2,1-4H3. The van der Waals surface area contributed by atoms with Gasteiger partial charge in [-0.2, -0.15) is 0 Å². The highest BCUT2D eigenvalue weighted by atomic mass is 15.3. The Morgan fingerprint density at radius 2 is 1.21 bits per heavy atom. The molecule has 0 aliphatic carbocycles. The molecule has 4 heterocycles. The van der Waals surface area contributed by atoms with E-state index in [0.29, 0.717) is 0 Å². The monoisotopic (exact) mass is 395 g/mol. The van der Waals surface area contributed by atoms with Crippen molar-refractivity contribution in [3.05, 3.63) is 36.3 Å². The van der Waals surface area contributed by atoms with Crippen molar-refractivity contribution in [2.24, 2.45) is 0 Å². The van der Waals surface area contributed by atoms with E-state index in [1.54, 1.807) is 6.33 Å². The second-order valence-electron chi connectivity index (χ2n) is 9.05. The van der Waals surface area contributed by atoms with Crippen LogP contribution in [0.3, 0.4) is 0 Å². The molecule has 2 aromatic rings. The van der Waals surface area contributed by atoms with E-state index in [4.69, 9.17) is 0 Å². The normalized spacial score (nSPS) is 19.0. The van der Waals surface area contributed by atoms with E-state index in [-0.39, 0.29) is 5.54 Å². The van der Waals surface area contributed by atoms with E-state index in [2.05, 4.69) is 80.4 Å². The second-order valence-corrected chi connectivity index (χ2v) is 9.05. The number of hydrogen-bond donors (Lipinski definition) is 0. The zero-order chi connectivity index (χ0) is 20.4. The van der Waals surface area contributed by atoms with Crippen molar-refractivity contribution in [3.63, 3.8) is 0 Å². The van der Waals surface area contributed by atoms with Crippen molar-refractivity contribution in [1.29, 1.82) is 0 Å². The third-order valence-corrected chi connectivity index (χ3v) is 6.01. The van der Waals surface area contributed by atoms with Crippen LogP contribution >= 0.6 is 0 Å². The minimum Gasteiger partial charge on any atom is -0.354 e. The van der Waals surface area contributed by atoms with Crippen LogP contribution in [0.25, 0.3) is 0 Å². The third kappa shape index (κ3) is 4.61. The lowest BCUT2D eigenvalue weighted by atomic mass is 10.1. The predicted octanol–water partition coefficient (Wildman–Crippen LogP) is 2.43. The minimum atomic E-state index is 0.231. The van der Waals surface area contributed by atoms with Crippen LogP contribution in [0.2, 0.25) is 0 Å². The first kappa shape index (κ1) is 19.9. The van der Waals surface area contributed by atoms with Gasteiger partial charge in [0.2, 0.25) is 0 Å². The maximum atomic E-state index is 4.57. The van der Waals surface area contributed by atoms with Gasteiger partial charge in [0.25, 0.3) is 0 Å². The molecule has 0 aromatic carbocycles. The summed E-state index contributed by atoms with van der Waals surface area (Å²) in [5, 5.41) is 0. The fourth-order valence-corrected chi connectivity index (χ4v) is 4.10. The highest BCUT2D eigenvalue weighted by Crippen LogP contribution is 2.23. The highest BCUT2D eigenvalue weighted by molar-refractivity contribution is 5.52. The Kier molecular flexibility index (Phi) is 5.58. The van der Waals surface area contributed by atoms with Crippen LogP contribution in [0.15, 0.2) is 30.7 Å². The summed E-state index contributed by atoms with van der Waals surface area (Å²) in [6.07, 6.45) is 3.66. The molecule has 0 amide bonds. The molecule has 0 unspecified atom stereocenters. The molecule has 156 valence electrons. The molecule has 0 saturated carbocycles. The zero-order valence-electron chi connectivity index (χ0n) is 18.2. The molecule has 29 heavy (non-hydrogen) atoms. The molecule has 2 aromatic heterocycles. The number of anilines is 3. The fraction of sp³-hybridized carbons (Fsp3) is 0.591. The summed E-state index contributed by atoms with van der Waals surface area (Å²) in [7, 11) is 0. The Hall–Kier alpha value is -2.41. The smallest absolute Gasteiger partial charge is 0.134 e. The summed E-state index contributed by atoms with van der Waals surface area (Å²) >= 11 is 0. The highest BCUT2D eigenvalue weighted by Gasteiger charge is 2.27. The van der Waals surface area contributed by atoms with Gasteiger partial charge in [0.1, 0.15) is 23.8 Å². The van der Waals surface area contributed by atoms with Crippen molar-refractivity contribution in [3.8, 4) is 0 Å². The Bertz CT molecular complexity index is 799. The van der Waals surface area contributed by atoms with Gasteiger partial charge >= 0.3 is 0 Å². The summed E-state index contributed by atoms with van der Waals surface area (Å²) in [4.78, 5) is 23.3. The summed E-state index contributed by atoms with van der Waals surface area (Å²) < 4.78 is 0. The molecule has 2 aliphatic rings. The molecule has 7 nitrogen and oxygen atoms in total. The first-order valence-corrected chi connectivity index (χ1v) is 10.6. The first-order valence-electron chi connectivity index (χ1n) is 10.6. The van der Waals surface area contributed by atoms with Gasteiger partial charge in [-0.1, -0.05) is 6.07 Å². The first-order chi connectivity index (χ1) is 13.9. The summed E-state index contributed by atoms with van der Waals surface area (Å²) in [5.41, 5.74) is 1.43. The van der Waals surface area contributed by atoms with Crippen molar-refractivity contribution < 1.29 is 0 Å². The van der Waals surface area contributed by atoms with Crippen LogP contribution in [0.5, 0.6) is 0 Å². The largest absolute Gasteiger partial charge is 0.354 e. The average molecular weight is 396 g/mol. The maximum Gasteiger partial charge on any atom is 0.134 e.